The monoisotopic (exact) mass is 244 g/mol. The average Bonchev–Trinajstić information content (AvgIpc) is 3.19. The SMILES string of the molecule is Nc1nc(Nc2ccccc2)c(F)c(C2CC2)n1. The number of halogens is 1. The fourth-order valence-electron chi connectivity index (χ4n) is 1.85. The zero-order chi connectivity index (χ0) is 12.5. The van der Waals surface area contributed by atoms with Crippen molar-refractivity contribution in [1.29, 1.82) is 0 Å². The van der Waals surface area contributed by atoms with E-state index in [2.05, 4.69) is 15.3 Å². The minimum atomic E-state index is -0.393. The van der Waals surface area contributed by atoms with Gasteiger partial charge in [-0.3, -0.25) is 0 Å². The van der Waals surface area contributed by atoms with Gasteiger partial charge in [-0.1, -0.05) is 18.2 Å². The van der Waals surface area contributed by atoms with E-state index in [9.17, 15) is 4.39 Å². The summed E-state index contributed by atoms with van der Waals surface area (Å²) in [5, 5.41) is 2.93. The van der Waals surface area contributed by atoms with Gasteiger partial charge in [-0.25, -0.2) is 9.37 Å². The van der Waals surface area contributed by atoms with E-state index in [1.54, 1.807) is 0 Å². The van der Waals surface area contributed by atoms with Gasteiger partial charge < -0.3 is 11.1 Å². The minimum absolute atomic E-state index is 0.108. The summed E-state index contributed by atoms with van der Waals surface area (Å²) in [5.74, 6) is 0.0644. The number of nitrogens with zero attached hydrogens (tertiary/aromatic N) is 2. The number of nitrogens with two attached hydrogens (primary N) is 1. The van der Waals surface area contributed by atoms with Gasteiger partial charge in [0, 0.05) is 11.6 Å². The van der Waals surface area contributed by atoms with Crippen molar-refractivity contribution in [2.45, 2.75) is 18.8 Å². The second-order valence-corrected chi connectivity index (χ2v) is 4.39. The van der Waals surface area contributed by atoms with Crippen molar-refractivity contribution < 1.29 is 4.39 Å². The predicted molar refractivity (Wildman–Crippen MR) is 68.1 cm³/mol. The third-order valence-corrected chi connectivity index (χ3v) is 2.89. The smallest absolute Gasteiger partial charge is 0.222 e. The lowest BCUT2D eigenvalue weighted by molar-refractivity contribution is 0.598. The van der Waals surface area contributed by atoms with Crippen molar-refractivity contribution in [3.8, 4) is 0 Å². The van der Waals surface area contributed by atoms with E-state index in [0.29, 0.717) is 5.69 Å². The van der Waals surface area contributed by atoms with Crippen molar-refractivity contribution in [1.82, 2.24) is 9.97 Å². The van der Waals surface area contributed by atoms with Gasteiger partial charge in [-0.05, 0) is 25.0 Å². The lowest BCUT2D eigenvalue weighted by Crippen LogP contribution is -2.07. The number of nitrogen functional groups attached to an aromatic ring is 1. The van der Waals surface area contributed by atoms with E-state index >= 15 is 0 Å². The van der Waals surface area contributed by atoms with Crippen LogP contribution in [-0.4, -0.2) is 9.97 Å². The molecule has 1 saturated carbocycles. The first kappa shape index (κ1) is 11.0. The number of nitrogens with one attached hydrogen (secondary N) is 1. The van der Waals surface area contributed by atoms with Crippen molar-refractivity contribution in [2.24, 2.45) is 0 Å². The Morgan fingerprint density at radius 1 is 1.17 bits per heavy atom. The molecule has 1 aliphatic rings. The van der Waals surface area contributed by atoms with Crippen LogP contribution in [-0.2, 0) is 0 Å². The number of hydrogen-bond acceptors (Lipinski definition) is 4. The average molecular weight is 244 g/mol. The van der Waals surface area contributed by atoms with Gasteiger partial charge >= 0.3 is 0 Å². The second-order valence-electron chi connectivity index (χ2n) is 4.39. The van der Waals surface area contributed by atoms with Crippen LogP contribution in [0.15, 0.2) is 30.3 Å². The molecule has 5 heteroatoms. The quantitative estimate of drug-likeness (QED) is 0.871. The van der Waals surface area contributed by atoms with Crippen LogP contribution in [0.2, 0.25) is 0 Å². The molecule has 0 spiro atoms. The molecular weight excluding hydrogens is 231 g/mol. The molecule has 0 atom stereocenters. The third-order valence-electron chi connectivity index (χ3n) is 2.89. The molecule has 1 aliphatic carbocycles. The summed E-state index contributed by atoms with van der Waals surface area (Å²) in [7, 11) is 0. The number of rotatable bonds is 3. The van der Waals surface area contributed by atoms with Gasteiger partial charge in [-0.2, -0.15) is 4.98 Å². The Morgan fingerprint density at radius 2 is 1.89 bits per heavy atom. The maximum atomic E-state index is 14.2. The third kappa shape index (κ3) is 2.11. The summed E-state index contributed by atoms with van der Waals surface area (Å²) in [4.78, 5) is 7.91. The standard InChI is InChI=1S/C13H13FN4/c14-10-11(8-6-7-8)17-13(15)18-12(10)16-9-4-2-1-3-5-9/h1-5,8H,6-7H2,(H3,15,16,17,18). The molecule has 1 aromatic carbocycles. The first-order valence-electron chi connectivity index (χ1n) is 5.89. The largest absolute Gasteiger partial charge is 0.368 e. The van der Waals surface area contributed by atoms with E-state index in [0.717, 1.165) is 18.5 Å². The minimum Gasteiger partial charge on any atom is -0.368 e. The van der Waals surface area contributed by atoms with Crippen LogP contribution >= 0.6 is 0 Å². The summed E-state index contributed by atoms with van der Waals surface area (Å²) >= 11 is 0. The Labute approximate surface area is 104 Å². The van der Waals surface area contributed by atoms with Gasteiger partial charge in [0.2, 0.25) is 5.95 Å². The summed E-state index contributed by atoms with van der Waals surface area (Å²) in [6.45, 7) is 0. The Balaban J connectivity index is 1.96. The van der Waals surface area contributed by atoms with Crippen LogP contribution in [0, 0.1) is 5.82 Å². The number of aromatic nitrogens is 2. The topological polar surface area (TPSA) is 63.8 Å². The predicted octanol–water partition coefficient (Wildman–Crippen LogP) is 2.82. The van der Waals surface area contributed by atoms with E-state index in [1.807, 2.05) is 30.3 Å². The number of para-hydroxylation sites is 1. The Hall–Kier alpha value is -2.17. The number of anilines is 3. The Bertz CT molecular complexity index is 567. The molecule has 3 N–H and O–H groups in total. The van der Waals surface area contributed by atoms with E-state index in [4.69, 9.17) is 5.73 Å². The molecule has 0 bridgehead atoms. The summed E-state index contributed by atoms with van der Waals surface area (Å²) in [5.41, 5.74) is 6.82. The highest BCUT2D eigenvalue weighted by Crippen LogP contribution is 2.41. The number of benzene rings is 1. The fraction of sp³-hybridized carbons (Fsp3) is 0.231. The fourth-order valence-corrected chi connectivity index (χ4v) is 1.85. The van der Waals surface area contributed by atoms with E-state index in [-0.39, 0.29) is 17.7 Å². The highest BCUT2D eigenvalue weighted by atomic mass is 19.1. The van der Waals surface area contributed by atoms with Crippen molar-refractivity contribution >= 4 is 17.5 Å². The molecule has 0 aliphatic heterocycles. The van der Waals surface area contributed by atoms with Gasteiger partial charge in [0.05, 0.1) is 5.69 Å². The molecule has 1 aromatic heterocycles. The molecule has 2 aromatic rings. The number of hydrogen-bond donors (Lipinski definition) is 2. The molecule has 0 saturated heterocycles. The van der Waals surface area contributed by atoms with Crippen molar-refractivity contribution in [3.63, 3.8) is 0 Å². The van der Waals surface area contributed by atoms with Gasteiger partial charge in [0.1, 0.15) is 0 Å². The van der Waals surface area contributed by atoms with Crippen LogP contribution < -0.4 is 11.1 Å². The van der Waals surface area contributed by atoms with Crippen LogP contribution in [0.5, 0.6) is 0 Å². The zero-order valence-electron chi connectivity index (χ0n) is 9.73. The zero-order valence-corrected chi connectivity index (χ0v) is 9.73. The second kappa shape index (κ2) is 4.25. The molecule has 0 unspecified atom stereocenters. The molecule has 92 valence electrons. The van der Waals surface area contributed by atoms with Crippen molar-refractivity contribution in [3.05, 3.63) is 41.8 Å². The van der Waals surface area contributed by atoms with Crippen molar-refractivity contribution in [2.75, 3.05) is 11.1 Å². The summed E-state index contributed by atoms with van der Waals surface area (Å²) in [6.07, 6.45) is 1.94. The van der Waals surface area contributed by atoms with Crippen LogP contribution in [0.1, 0.15) is 24.5 Å². The highest BCUT2D eigenvalue weighted by Gasteiger charge is 2.30. The molecule has 0 amide bonds. The summed E-state index contributed by atoms with van der Waals surface area (Å²) in [6, 6.07) is 9.31. The van der Waals surface area contributed by atoms with Crippen LogP contribution in [0.3, 0.4) is 0 Å². The first-order chi connectivity index (χ1) is 8.74. The van der Waals surface area contributed by atoms with Gasteiger partial charge in [-0.15, -0.1) is 0 Å². The first-order valence-corrected chi connectivity index (χ1v) is 5.89. The Morgan fingerprint density at radius 3 is 2.56 bits per heavy atom. The molecule has 4 nitrogen and oxygen atoms in total. The molecule has 3 rings (SSSR count). The maximum absolute atomic E-state index is 14.2. The van der Waals surface area contributed by atoms with Crippen LogP contribution in [0.4, 0.5) is 21.8 Å². The van der Waals surface area contributed by atoms with E-state index in [1.165, 1.54) is 0 Å². The molecule has 18 heavy (non-hydrogen) atoms. The highest BCUT2D eigenvalue weighted by molar-refractivity contribution is 5.58. The molecule has 1 heterocycles. The van der Waals surface area contributed by atoms with Gasteiger partial charge in [0.15, 0.2) is 11.6 Å². The van der Waals surface area contributed by atoms with Gasteiger partial charge in [0.25, 0.3) is 0 Å². The van der Waals surface area contributed by atoms with E-state index < -0.39 is 5.82 Å². The lowest BCUT2D eigenvalue weighted by Gasteiger charge is -2.09. The molecule has 1 fully saturated rings. The lowest BCUT2D eigenvalue weighted by atomic mass is 10.2. The molecular formula is C13H13FN4. The van der Waals surface area contributed by atoms with Crippen LogP contribution in [0.25, 0.3) is 0 Å². The normalized spacial score (nSPS) is 14.5. The molecule has 0 radical (unpaired) electrons. The summed E-state index contributed by atoms with van der Waals surface area (Å²) < 4.78 is 14.2. The Kier molecular flexibility index (Phi) is 2.59. The maximum Gasteiger partial charge on any atom is 0.222 e.